The van der Waals surface area contributed by atoms with E-state index in [0.717, 1.165) is 0 Å². The lowest BCUT2D eigenvalue weighted by molar-refractivity contribution is -0.129. The molecule has 0 fully saturated rings. The molecule has 2 N–H and O–H groups in total. The third kappa shape index (κ3) is 2.77. The van der Waals surface area contributed by atoms with Crippen LogP contribution in [0.2, 0.25) is 10.0 Å². The predicted octanol–water partition coefficient (Wildman–Crippen LogP) is 2.27. The van der Waals surface area contributed by atoms with Crippen LogP contribution < -0.4 is 0 Å². The van der Waals surface area contributed by atoms with Crippen LogP contribution in [0, 0.1) is 0 Å². The lowest BCUT2D eigenvalue weighted by atomic mass is 9.96. The summed E-state index contributed by atoms with van der Waals surface area (Å²) in [5.41, 5.74) is 0.440. The van der Waals surface area contributed by atoms with E-state index >= 15 is 0 Å². The lowest BCUT2D eigenvalue weighted by Gasteiger charge is -2.26. The molecule has 0 aromatic heterocycles. The normalized spacial score (nSPS) is 18.6. The van der Waals surface area contributed by atoms with Crippen molar-refractivity contribution < 1.29 is 19.8 Å². The molecule has 0 bridgehead atoms. The van der Waals surface area contributed by atoms with E-state index in [0.29, 0.717) is 10.6 Å². The van der Waals surface area contributed by atoms with E-state index in [2.05, 4.69) is 0 Å². The van der Waals surface area contributed by atoms with Crippen LogP contribution in [0.15, 0.2) is 29.5 Å². The SMILES string of the molecule is CC(=O)C1=C(O)C(=O)N(CCO)C1c1ccc(Cl)cc1Cl. The Morgan fingerprint density at radius 3 is 2.57 bits per heavy atom. The van der Waals surface area contributed by atoms with Gasteiger partial charge in [0, 0.05) is 16.6 Å². The van der Waals surface area contributed by atoms with Crippen molar-refractivity contribution >= 4 is 34.9 Å². The standard InChI is InChI=1S/C14H13Cl2NO4/c1-7(19)11-12(9-3-2-8(15)6-10(9)16)17(4-5-18)14(21)13(11)20/h2-3,6,12,18,20H,4-5H2,1H3. The molecule has 1 unspecified atom stereocenters. The lowest BCUT2D eigenvalue weighted by Crippen LogP contribution is -2.33. The molecule has 7 heteroatoms. The van der Waals surface area contributed by atoms with Crippen molar-refractivity contribution in [2.75, 3.05) is 13.2 Å². The van der Waals surface area contributed by atoms with Crippen LogP contribution in [-0.2, 0) is 9.59 Å². The van der Waals surface area contributed by atoms with E-state index in [9.17, 15) is 14.7 Å². The average Bonchev–Trinajstić information content (AvgIpc) is 2.64. The molecule has 112 valence electrons. The number of halogens is 2. The van der Waals surface area contributed by atoms with Gasteiger partial charge in [0.25, 0.3) is 5.91 Å². The number of Topliss-reactive ketones (excluding diaryl/α,β-unsaturated/α-hetero) is 1. The Hall–Kier alpha value is -1.56. The van der Waals surface area contributed by atoms with Gasteiger partial charge in [0.1, 0.15) is 0 Å². The third-order valence-corrected chi connectivity index (χ3v) is 3.84. The molecule has 0 radical (unpaired) electrons. The quantitative estimate of drug-likeness (QED) is 0.888. The van der Waals surface area contributed by atoms with Crippen molar-refractivity contribution in [3.8, 4) is 0 Å². The summed E-state index contributed by atoms with van der Waals surface area (Å²) in [4.78, 5) is 25.1. The smallest absolute Gasteiger partial charge is 0.290 e. The monoisotopic (exact) mass is 329 g/mol. The Labute approximate surface area is 131 Å². The second-order valence-electron chi connectivity index (χ2n) is 4.61. The van der Waals surface area contributed by atoms with Gasteiger partial charge in [-0.25, -0.2) is 0 Å². The van der Waals surface area contributed by atoms with Gasteiger partial charge in [-0.05, 0) is 24.6 Å². The maximum absolute atomic E-state index is 12.1. The number of hydrogen-bond acceptors (Lipinski definition) is 4. The molecule has 5 nitrogen and oxygen atoms in total. The van der Waals surface area contributed by atoms with Crippen molar-refractivity contribution in [2.24, 2.45) is 0 Å². The second-order valence-corrected chi connectivity index (χ2v) is 5.45. The summed E-state index contributed by atoms with van der Waals surface area (Å²) in [5, 5.41) is 19.7. The van der Waals surface area contributed by atoms with E-state index in [-0.39, 0.29) is 23.7 Å². The largest absolute Gasteiger partial charge is 0.503 e. The Morgan fingerprint density at radius 1 is 1.38 bits per heavy atom. The third-order valence-electron chi connectivity index (χ3n) is 3.28. The molecule has 1 atom stereocenters. The number of benzene rings is 1. The van der Waals surface area contributed by atoms with Crippen LogP contribution >= 0.6 is 23.2 Å². The van der Waals surface area contributed by atoms with E-state index < -0.39 is 23.5 Å². The Kier molecular flexibility index (Phi) is 4.56. The highest BCUT2D eigenvalue weighted by Gasteiger charge is 2.42. The summed E-state index contributed by atoms with van der Waals surface area (Å²) in [6.45, 7) is 0.938. The average molecular weight is 330 g/mol. The van der Waals surface area contributed by atoms with Gasteiger partial charge in [0.2, 0.25) is 0 Å². The number of aliphatic hydroxyl groups excluding tert-OH is 2. The highest BCUT2D eigenvalue weighted by Crippen LogP contribution is 2.40. The predicted molar refractivity (Wildman–Crippen MR) is 78.3 cm³/mol. The minimum Gasteiger partial charge on any atom is -0.503 e. The summed E-state index contributed by atoms with van der Waals surface area (Å²) in [6, 6.07) is 3.84. The first-order valence-corrected chi connectivity index (χ1v) is 6.95. The highest BCUT2D eigenvalue weighted by molar-refractivity contribution is 6.35. The van der Waals surface area contributed by atoms with Gasteiger partial charge >= 0.3 is 0 Å². The summed E-state index contributed by atoms with van der Waals surface area (Å²) in [6.07, 6.45) is 0. The van der Waals surface area contributed by atoms with Gasteiger partial charge < -0.3 is 15.1 Å². The minimum atomic E-state index is -0.827. The first-order valence-electron chi connectivity index (χ1n) is 6.19. The van der Waals surface area contributed by atoms with Crippen molar-refractivity contribution in [1.82, 2.24) is 4.90 Å². The molecule has 1 aliphatic rings. The Balaban J connectivity index is 2.59. The Bertz CT molecular complexity index is 642. The number of aliphatic hydroxyl groups is 2. The zero-order valence-corrected chi connectivity index (χ0v) is 12.6. The zero-order valence-electron chi connectivity index (χ0n) is 11.1. The van der Waals surface area contributed by atoms with Gasteiger partial charge in [-0.1, -0.05) is 29.3 Å². The number of nitrogens with zero attached hydrogens (tertiary/aromatic N) is 1. The van der Waals surface area contributed by atoms with Gasteiger partial charge in [0.05, 0.1) is 18.2 Å². The first kappa shape index (κ1) is 15.8. The highest BCUT2D eigenvalue weighted by atomic mass is 35.5. The van der Waals surface area contributed by atoms with Crippen LogP contribution in [0.5, 0.6) is 0 Å². The van der Waals surface area contributed by atoms with Gasteiger partial charge in [-0.3, -0.25) is 9.59 Å². The molecule has 0 spiro atoms. The minimum absolute atomic E-state index is 0.0245. The summed E-state index contributed by atoms with van der Waals surface area (Å²) >= 11 is 12.0. The van der Waals surface area contributed by atoms with Crippen LogP contribution in [0.1, 0.15) is 18.5 Å². The van der Waals surface area contributed by atoms with Crippen LogP contribution in [-0.4, -0.2) is 40.0 Å². The maximum Gasteiger partial charge on any atom is 0.290 e. The number of amides is 1. The number of hydrogen-bond donors (Lipinski definition) is 2. The fraction of sp³-hybridized carbons (Fsp3) is 0.286. The van der Waals surface area contributed by atoms with E-state index in [1.807, 2.05) is 0 Å². The van der Waals surface area contributed by atoms with Crippen LogP contribution in [0.4, 0.5) is 0 Å². The fourth-order valence-electron chi connectivity index (χ4n) is 2.40. The van der Waals surface area contributed by atoms with Crippen molar-refractivity contribution in [3.63, 3.8) is 0 Å². The Morgan fingerprint density at radius 2 is 2.05 bits per heavy atom. The second kappa shape index (κ2) is 6.05. The summed E-state index contributed by atoms with van der Waals surface area (Å²) < 4.78 is 0. The molecule has 1 aliphatic heterocycles. The molecule has 1 amide bonds. The molecule has 0 saturated carbocycles. The van der Waals surface area contributed by atoms with Crippen molar-refractivity contribution in [1.29, 1.82) is 0 Å². The number of carbonyl (C=O) groups is 2. The van der Waals surface area contributed by atoms with Gasteiger partial charge in [-0.15, -0.1) is 0 Å². The van der Waals surface area contributed by atoms with E-state index in [4.69, 9.17) is 28.3 Å². The van der Waals surface area contributed by atoms with Gasteiger partial charge in [-0.2, -0.15) is 0 Å². The molecule has 2 rings (SSSR count). The van der Waals surface area contributed by atoms with Crippen LogP contribution in [0.3, 0.4) is 0 Å². The molecule has 21 heavy (non-hydrogen) atoms. The molecule has 1 aromatic rings. The molecular weight excluding hydrogens is 317 g/mol. The molecule has 0 aliphatic carbocycles. The summed E-state index contributed by atoms with van der Waals surface area (Å²) in [7, 11) is 0. The molecule has 1 heterocycles. The van der Waals surface area contributed by atoms with Crippen molar-refractivity contribution in [2.45, 2.75) is 13.0 Å². The van der Waals surface area contributed by atoms with Gasteiger partial charge in [0.15, 0.2) is 11.5 Å². The topological polar surface area (TPSA) is 77.8 Å². The van der Waals surface area contributed by atoms with Crippen molar-refractivity contribution in [3.05, 3.63) is 45.1 Å². The fourth-order valence-corrected chi connectivity index (χ4v) is 2.91. The van der Waals surface area contributed by atoms with Crippen LogP contribution in [0.25, 0.3) is 0 Å². The zero-order chi connectivity index (χ0) is 15.7. The summed E-state index contributed by atoms with van der Waals surface area (Å²) in [5.74, 6) is -1.74. The molecule has 1 aromatic carbocycles. The number of carbonyl (C=O) groups excluding carboxylic acids is 2. The number of ketones is 1. The number of rotatable bonds is 4. The molecule has 0 saturated heterocycles. The first-order chi connectivity index (χ1) is 9.88. The van der Waals surface area contributed by atoms with E-state index in [1.165, 1.54) is 17.9 Å². The maximum atomic E-state index is 12.1. The van der Waals surface area contributed by atoms with E-state index in [1.54, 1.807) is 12.1 Å². The molecular formula is C14H13Cl2NO4. The number of β-amino-alcohol motifs (C(OH)–C–C–N with tert-alkyl or cyclic N) is 1.